The summed E-state index contributed by atoms with van der Waals surface area (Å²) in [4.78, 5) is 27.4. The van der Waals surface area contributed by atoms with Crippen molar-refractivity contribution < 1.29 is 14.3 Å². The number of amides is 1. The van der Waals surface area contributed by atoms with E-state index in [0.717, 1.165) is 18.5 Å². The summed E-state index contributed by atoms with van der Waals surface area (Å²) in [5.41, 5.74) is 1.05. The number of aryl methyl sites for hydroxylation is 1. The fraction of sp³-hybridized carbons (Fsp3) is 0.562. The van der Waals surface area contributed by atoms with E-state index in [-0.39, 0.29) is 5.78 Å². The third-order valence-electron chi connectivity index (χ3n) is 2.72. The molecule has 0 saturated carbocycles. The Bertz CT molecular complexity index is 493. The zero-order valence-corrected chi connectivity index (χ0v) is 13.2. The molecule has 5 nitrogen and oxygen atoms in total. The third-order valence-corrected chi connectivity index (χ3v) is 2.72. The van der Waals surface area contributed by atoms with Crippen molar-refractivity contribution in [2.24, 2.45) is 0 Å². The largest absolute Gasteiger partial charge is 0.444 e. The van der Waals surface area contributed by atoms with E-state index in [0.29, 0.717) is 18.5 Å². The molecular weight excluding hydrogens is 268 g/mol. The summed E-state index contributed by atoms with van der Waals surface area (Å²) in [6, 6.07) is 3.52. The minimum absolute atomic E-state index is 0.109. The molecule has 21 heavy (non-hydrogen) atoms. The van der Waals surface area contributed by atoms with Crippen molar-refractivity contribution >= 4 is 11.9 Å². The molecular formula is C16H24N2O3. The molecule has 1 amide bonds. The first kappa shape index (κ1) is 17.1. The normalized spacial score (nSPS) is 11.0. The number of hydrogen-bond donors (Lipinski definition) is 1. The van der Waals surface area contributed by atoms with Gasteiger partial charge < -0.3 is 10.1 Å². The first-order chi connectivity index (χ1) is 9.78. The molecule has 1 N–H and O–H groups in total. The van der Waals surface area contributed by atoms with Gasteiger partial charge in [-0.3, -0.25) is 9.78 Å². The fourth-order valence-corrected chi connectivity index (χ4v) is 1.78. The second kappa shape index (κ2) is 7.76. The molecule has 1 rings (SSSR count). The number of ether oxygens (including phenoxy) is 1. The Morgan fingerprint density at radius 2 is 2.00 bits per heavy atom. The molecule has 1 heterocycles. The van der Waals surface area contributed by atoms with Crippen LogP contribution in [0.4, 0.5) is 4.79 Å². The highest BCUT2D eigenvalue weighted by Gasteiger charge is 2.15. The highest BCUT2D eigenvalue weighted by molar-refractivity contribution is 5.96. The van der Waals surface area contributed by atoms with E-state index in [1.165, 1.54) is 0 Å². The molecule has 0 bridgehead atoms. The molecule has 0 fully saturated rings. The zero-order chi connectivity index (χ0) is 15.9. The van der Waals surface area contributed by atoms with Crippen molar-refractivity contribution in [1.29, 1.82) is 0 Å². The van der Waals surface area contributed by atoms with Gasteiger partial charge >= 0.3 is 6.09 Å². The van der Waals surface area contributed by atoms with E-state index >= 15 is 0 Å². The number of carbonyl (C=O) groups is 2. The maximum Gasteiger partial charge on any atom is 0.407 e. The predicted octanol–water partition coefficient (Wildman–Crippen LogP) is 3.27. The minimum atomic E-state index is -0.487. The number of nitrogens with zero attached hydrogens (tertiary/aromatic N) is 1. The van der Waals surface area contributed by atoms with Crippen molar-refractivity contribution in [3.63, 3.8) is 0 Å². The Kier molecular flexibility index (Phi) is 6.34. The van der Waals surface area contributed by atoms with Crippen LogP contribution in [-0.4, -0.2) is 29.0 Å². The molecule has 0 saturated heterocycles. The van der Waals surface area contributed by atoms with Crippen molar-refractivity contribution in [3.8, 4) is 0 Å². The molecule has 0 radical (unpaired) electrons. The lowest BCUT2D eigenvalue weighted by Crippen LogP contribution is -2.33. The van der Waals surface area contributed by atoms with Gasteiger partial charge in [0.05, 0.1) is 0 Å². The average Bonchev–Trinajstić information content (AvgIpc) is 2.36. The number of rotatable bonds is 6. The first-order valence-electron chi connectivity index (χ1n) is 7.20. The molecule has 0 aliphatic carbocycles. The van der Waals surface area contributed by atoms with E-state index in [4.69, 9.17) is 4.74 Å². The van der Waals surface area contributed by atoms with E-state index in [2.05, 4.69) is 10.3 Å². The van der Waals surface area contributed by atoms with Gasteiger partial charge in [-0.25, -0.2) is 4.79 Å². The molecule has 0 unspecified atom stereocenters. The monoisotopic (exact) mass is 292 g/mol. The zero-order valence-electron chi connectivity index (χ0n) is 13.2. The summed E-state index contributed by atoms with van der Waals surface area (Å²) in [7, 11) is 0. The van der Waals surface area contributed by atoms with Crippen LogP contribution in [0.5, 0.6) is 0 Å². The summed E-state index contributed by atoms with van der Waals surface area (Å²) in [6.45, 7) is 7.84. The van der Waals surface area contributed by atoms with Gasteiger partial charge in [0.25, 0.3) is 0 Å². The second-order valence-corrected chi connectivity index (χ2v) is 5.99. The lowest BCUT2D eigenvalue weighted by molar-refractivity contribution is 0.0527. The Morgan fingerprint density at radius 1 is 1.29 bits per heavy atom. The third kappa shape index (κ3) is 7.44. The molecule has 0 aliphatic rings. The number of unbranched alkanes of at least 4 members (excludes halogenated alkanes) is 1. The van der Waals surface area contributed by atoms with Crippen LogP contribution in [0.25, 0.3) is 0 Å². The maximum absolute atomic E-state index is 11.9. The number of pyridine rings is 1. The average molecular weight is 292 g/mol. The number of alkyl carbamates (subject to hydrolysis) is 1. The van der Waals surface area contributed by atoms with Gasteiger partial charge in [-0.15, -0.1) is 0 Å². The molecule has 0 atom stereocenters. The lowest BCUT2D eigenvalue weighted by Gasteiger charge is -2.19. The van der Waals surface area contributed by atoms with Crippen LogP contribution in [0, 0.1) is 6.92 Å². The summed E-state index contributed by atoms with van der Waals surface area (Å²) in [5, 5.41) is 2.68. The topological polar surface area (TPSA) is 68.3 Å². The Labute approximate surface area is 126 Å². The van der Waals surface area contributed by atoms with Gasteiger partial charge in [-0.2, -0.15) is 0 Å². The quantitative estimate of drug-likeness (QED) is 0.645. The van der Waals surface area contributed by atoms with Crippen LogP contribution >= 0.6 is 0 Å². The van der Waals surface area contributed by atoms with Crippen molar-refractivity contribution in [2.45, 2.75) is 52.6 Å². The van der Waals surface area contributed by atoms with Crippen LogP contribution < -0.4 is 5.32 Å². The van der Waals surface area contributed by atoms with Gasteiger partial charge in [0.15, 0.2) is 5.78 Å². The molecule has 0 spiro atoms. The Hall–Kier alpha value is -1.91. The molecule has 116 valence electrons. The van der Waals surface area contributed by atoms with Crippen LogP contribution in [-0.2, 0) is 4.74 Å². The molecule has 0 aliphatic heterocycles. The smallest absolute Gasteiger partial charge is 0.407 e. The van der Waals surface area contributed by atoms with Gasteiger partial charge in [-0.1, -0.05) is 0 Å². The standard InChI is InChI=1S/C16H24N2O3/c1-12-11-13(8-10-17-12)14(19)7-5-6-9-18-15(20)21-16(2,3)4/h8,10-11H,5-7,9H2,1-4H3,(H,18,20). The lowest BCUT2D eigenvalue weighted by atomic mass is 10.1. The molecule has 0 aromatic carbocycles. The van der Waals surface area contributed by atoms with Crippen molar-refractivity contribution in [2.75, 3.05) is 6.54 Å². The number of aromatic nitrogens is 1. The van der Waals surface area contributed by atoms with E-state index < -0.39 is 11.7 Å². The van der Waals surface area contributed by atoms with Gasteiger partial charge in [0.1, 0.15) is 5.60 Å². The van der Waals surface area contributed by atoms with Crippen LogP contribution in [0.1, 0.15) is 56.1 Å². The predicted molar refractivity (Wildman–Crippen MR) is 81.4 cm³/mol. The Morgan fingerprint density at radius 3 is 2.62 bits per heavy atom. The van der Waals surface area contributed by atoms with Crippen molar-refractivity contribution in [3.05, 3.63) is 29.6 Å². The molecule has 1 aromatic heterocycles. The Balaban J connectivity index is 2.20. The van der Waals surface area contributed by atoms with E-state index in [9.17, 15) is 9.59 Å². The van der Waals surface area contributed by atoms with Crippen molar-refractivity contribution in [1.82, 2.24) is 10.3 Å². The highest BCUT2D eigenvalue weighted by atomic mass is 16.6. The fourth-order valence-electron chi connectivity index (χ4n) is 1.78. The first-order valence-corrected chi connectivity index (χ1v) is 7.20. The van der Waals surface area contributed by atoms with Gasteiger partial charge in [0, 0.05) is 30.4 Å². The second-order valence-electron chi connectivity index (χ2n) is 5.99. The SMILES string of the molecule is Cc1cc(C(=O)CCCCNC(=O)OC(C)(C)C)ccn1. The number of Topliss-reactive ketones (excluding diaryl/α,β-unsaturated/α-hetero) is 1. The van der Waals surface area contributed by atoms with Gasteiger partial charge in [-0.05, 0) is 52.7 Å². The maximum atomic E-state index is 11.9. The highest BCUT2D eigenvalue weighted by Crippen LogP contribution is 2.08. The minimum Gasteiger partial charge on any atom is -0.444 e. The molecule has 1 aromatic rings. The van der Waals surface area contributed by atoms with E-state index in [1.807, 2.05) is 27.7 Å². The van der Waals surface area contributed by atoms with E-state index in [1.54, 1.807) is 18.3 Å². The number of hydrogen-bond acceptors (Lipinski definition) is 4. The summed E-state index contributed by atoms with van der Waals surface area (Å²) in [6.07, 6.45) is 3.18. The number of carbonyl (C=O) groups excluding carboxylic acids is 2. The molecule has 5 heteroatoms. The number of ketones is 1. The summed E-state index contributed by atoms with van der Waals surface area (Å²) in [5.74, 6) is 0.109. The van der Waals surface area contributed by atoms with Crippen LogP contribution in [0.15, 0.2) is 18.3 Å². The summed E-state index contributed by atoms with van der Waals surface area (Å²) >= 11 is 0. The van der Waals surface area contributed by atoms with Gasteiger partial charge in [0.2, 0.25) is 0 Å². The van der Waals surface area contributed by atoms with Crippen LogP contribution in [0.3, 0.4) is 0 Å². The summed E-state index contributed by atoms with van der Waals surface area (Å²) < 4.78 is 5.12. The number of nitrogens with one attached hydrogen (secondary N) is 1. The van der Waals surface area contributed by atoms with Crippen LogP contribution in [0.2, 0.25) is 0 Å².